The molecule has 6 heteroatoms. The first-order valence-corrected chi connectivity index (χ1v) is 9.45. The summed E-state index contributed by atoms with van der Waals surface area (Å²) in [6.07, 6.45) is 4.45. The number of nitrogens with one attached hydrogen (secondary N) is 2. The van der Waals surface area contributed by atoms with Gasteiger partial charge in [-0.25, -0.2) is 4.98 Å². The summed E-state index contributed by atoms with van der Waals surface area (Å²) in [5.41, 5.74) is -0.0224. The zero-order chi connectivity index (χ0) is 18.4. The zero-order valence-corrected chi connectivity index (χ0v) is 16.7. The molecule has 2 heterocycles. The Hall–Kier alpha value is -1.56. The number of guanidine groups is 1. The molecule has 1 aliphatic heterocycles. The highest BCUT2D eigenvalue weighted by atomic mass is 16.4. The van der Waals surface area contributed by atoms with E-state index in [0.29, 0.717) is 24.4 Å². The van der Waals surface area contributed by atoms with E-state index in [2.05, 4.69) is 60.1 Å². The average molecular weight is 350 g/mol. The molecule has 1 saturated heterocycles. The molecule has 1 aliphatic rings. The van der Waals surface area contributed by atoms with E-state index < -0.39 is 0 Å². The normalized spacial score (nSPS) is 18.0. The summed E-state index contributed by atoms with van der Waals surface area (Å²) in [5.74, 6) is 3.00. The Morgan fingerprint density at radius 2 is 1.96 bits per heavy atom. The predicted octanol–water partition coefficient (Wildman–Crippen LogP) is 2.76. The minimum atomic E-state index is -0.0224. The topological polar surface area (TPSA) is 65.7 Å². The van der Waals surface area contributed by atoms with Gasteiger partial charge in [0.2, 0.25) is 5.89 Å². The molecule has 142 valence electrons. The highest BCUT2D eigenvalue weighted by Crippen LogP contribution is 2.22. The summed E-state index contributed by atoms with van der Waals surface area (Å²) in [4.78, 5) is 11.3. The van der Waals surface area contributed by atoms with Gasteiger partial charge in [0.25, 0.3) is 0 Å². The van der Waals surface area contributed by atoms with E-state index in [-0.39, 0.29) is 5.41 Å². The fourth-order valence-corrected chi connectivity index (χ4v) is 3.18. The molecular formula is C19H35N5O. The van der Waals surface area contributed by atoms with Gasteiger partial charge in [-0.1, -0.05) is 34.6 Å². The van der Waals surface area contributed by atoms with Gasteiger partial charge >= 0.3 is 0 Å². The summed E-state index contributed by atoms with van der Waals surface area (Å²) in [6.45, 7) is 14.8. The van der Waals surface area contributed by atoms with Crippen LogP contribution in [0.3, 0.4) is 0 Å². The number of likely N-dealkylation sites (tertiary alicyclic amines) is 1. The quantitative estimate of drug-likeness (QED) is 0.611. The van der Waals surface area contributed by atoms with E-state index in [1.807, 2.05) is 6.20 Å². The molecule has 1 aromatic heterocycles. The van der Waals surface area contributed by atoms with Crippen molar-refractivity contribution in [3.8, 4) is 0 Å². The lowest BCUT2D eigenvalue weighted by Crippen LogP contribution is -2.48. The van der Waals surface area contributed by atoms with Gasteiger partial charge in [0.15, 0.2) is 5.96 Å². The van der Waals surface area contributed by atoms with E-state index >= 15 is 0 Å². The monoisotopic (exact) mass is 349 g/mol. The van der Waals surface area contributed by atoms with Crippen LogP contribution in [0.25, 0.3) is 0 Å². The third-order valence-corrected chi connectivity index (χ3v) is 4.78. The summed E-state index contributed by atoms with van der Waals surface area (Å²) in [5, 5.41) is 6.76. The molecule has 0 spiro atoms. The second-order valence-electron chi connectivity index (χ2n) is 8.23. The van der Waals surface area contributed by atoms with Crippen molar-refractivity contribution in [3.63, 3.8) is 0 Å². The summed E-state index contributed by atoms with van der Waals surface area (Å²) >= 11 is 0. The van der Waals surface area contributed by atoms with Crippen molar-refractivity contribution in [2.24, 2.45) is 10.9 Å². The van der Waals surface area contributed by atoms with E-state index in [4.69, 9.17) is 4.42 Å². The number of oxazole rings is 1. The van der Waals surface area contributed by atoms with Gasteiger partial charge in [-0.2, -0.15) is 0 Å². The lowest BCUT2D eigenvalue weighted by atomic mass is 9.94. The standard InChI is InChI=1S/C19H35N5O/c1-14(2)15(24-9-7-8-10-24)11-22-18(20-6)23-13-17-21-12-16(25-17)19(3,4)5/h12,14-15H,7-11,13H2,1-6H3,(H2,20,22,23). The molecule has 2 rings (SSSR count). The maximum atomic E-state index is 5.82. The molecule has 0 aromatic carbocycles. The molecule has 0 amide bonds. The third-order valence-electron chi connectivity index (χ3n) is 4.78. The number of rotatable bonds is 6. The molecule has 25 heavy (non-hydrogen) atoms. The van der Waals surface area contributed by atoms with E-state index in [9.17, 15) is 0 Å². The van der Waals surface area contributed by atoms with Crippen molar-refractivity contribution in [2.45, 2.75) is 65.5 Å². The van der Waals surface area contributed by atoms with Crippen molar-refractivity contribution in [2.75, 3.05) is 26.7 Å². The molecule has 1 atom stereocenters. The Morgan fingerprint density at radius 1 is 1.28 bits per heavy atom. The zero-order valence-electron chi connectivity index (χ0n) is 16.7. The Balaban J connectivity index is 1.84. The molecule has 0 saturated carbocycles. The van der Waals surface area contributed by atoms with Gasteiger partial charge in [0, 0.05) is 25.0 Å². The Morgan fingerprint density at radius 3 is 2.48 bits per heavy atom. The molecule has 2 N–H and O–H groups in total. The minimum Gasteiger partial charge on any atom is -0.443 e. The van der Waals surface area contributed by atoms with Gasteiger partial charge in [-0.05, 0) is 31.8 Å². The number of hydrogen-bond acceptors (Lipinski definition) is 4. The van der Waals surface area contributed by atoms with Crippen molar-refractivity contribution < 1.29 is 4.42 Å². The van der Waals surface area contributed by atoms with Gasteiger partial charge in [-0.3, -0.25) is 9.89 Å². The number of hydrogen-bond donors (Lipinski definition) is 2. The lowest BCUT2D eigenvalue weighted by molar-refractivity contribution is 0.192. The van der Waals surface area contributed by atoms with Gasteiger partial charge in [0.05, 0.1) is 12.7 Å². The molecule has 1 unspecified atom stereocenters. The van der Waals surface area contributed by atoms with Crippen LogP contribution in [0, 0.1) is 5.92 Å². The van der Waals surface area contributed by atoms with Gasteiger partial charge < -0.3 is 15.1 Å². The first kappa shape index (κ1) is 19.8. The largest absolute Gasteiger partial charge is 0.443 e. The van der Waals surface area contributed by atoms with Crippen LogP contribution in [0.4, 0.5) is 0 Å². The Kier molecular flexibility index (Phi) is 6.87. The van der Waals surface area contributed by atoms with Crippen LogP contribution in [0.15, 0.2) is 15.6 Å². The summed E-state index contributed by atoms with van der Waals surface area (Å²) < 4.78 is 5.82. The summed E-state index contributed by atoms with van der Waals surface area (Å²) in [7, 11) is 1.80. The molecule has 0 radical (unpaired) electrons. The molecule has 6 nitrogen and oxygen atoms in total. The third kappa shape index (κ3) is 5.73. The van der Waals surface area contributed by atoms with E-state index in [1.165, 1.54) is 25.9 Å². The van der Waals surface area contributed by atoms with Crippen LogP contribution in [0.5, 0.6) is 0 Å². The summed E-state index contributed by atoms with van der Waals surface area (Å²) in [6, 6.07) is 0.537. The molecule has 1 fully saturated rings. The van der Waals surface area contributed by atoms with Gasteiger partial charge in [-0.15, -0.1) is 0 Å². The maximum Gasteiger partial charge on any atom is 0.213 e. The van der Waals surface area contributed by atoms with Crippen molar-refractivity contribution in [3.05, 3.63) is 17.8 Å². The molecular weight excluding hydrogens is 314 g/mol. The van der Waals surface area contributed by atoms with Crippen molar-refractivity contribution >= 4 is 5.96 Å². The molecule has 0 bridgehead atoms. The Bertz CT molecular complexity index is 552. The second kappa shape index (κ2) is 8.70. The van der Waals surface area contributed by atoms with Crippen molar-refractivity contribution in [1.29, 1.82) is 0 Å². The highest BCUT2D eigenvalue weighted by Gasteiger charge is 2.24. The van der Waals surface area contributed by atoms with Crippen LogP contribution in [-0.2, 0) is 12.0 Å². The molecule has 1 aromatic rings. The average Bonchev–Trinajstić information content (AvgIpc) is 3.21. The van der Waals surface area contributed by atoms with Crippen LogP contribution in [0.2, 0.25) is 0 Å². The van der Waals surface area contributed by atoms with Crippen LogP contribution in [-0.4, -0.2) is 48.6 Å². The predicted molar refractivity (Wildman–Crippen MR) is 103 cm³/mol. The SMILES string of the molecule is CN=C(NCc1ncc(C(C)(C)C)o1)NCC(C(C)C)N1CCCC1. The number of aromatic nitrogens is 1. The Labute approximate surface area is 152 Å². The van der Waals surface area contributed by atoms with Crippen molar-refractivity contribution in [1.82, 2.24) is 20.5 Å². The number of aliphatic imine (C=N–C) groups is 1. The second-order valence-corrected chi connectivity index (χ2v) is 8.23. The maximum absolute atomic E-state index is 5.82. The molecule has 0 aliphatic carbocycles. The smallest absolute Gasteiger partial charge is 0.213 e. The van der Waals surface area contributed by atoms with Crippen LogP contribution < -0.4 is 10.6 Å². The fourth-order valence-electron chi connectivity index (χ4n) is 3.18. The lowest BCUT2D eigenvalue weighted by Gasteiger charge is -2.31. The highest BCUT2D eigenvalue weighted by molar-refractivity contribution is 5.79. The minimum absolute atomic E-state index is 0.0224. The van der Waals surface area contributed by atoms with E-state index in [0.717, 1.165) is 18.3 Å². The number of nitrogens with zero attached hydrogens (tertiary/aromatic N) is 3. The first-order valence-electron chi connectivity index (χ1n) is 9.45. The van der Waals surface area contributed by atoms with Crippen LogP contribution >= 0.6 is 0 Å². The van der Waals surface area contributed by atoms with Crippen LogP contribution in [0.1, 0.15) is 59.1 Å². The van der Waals surface area contributed by atoms with Gasteiger partial charge in [0.1, 0.15) is 5.76 Å². The first-order chi connectivity index (χ1) is 11.8. The van der Waals surface area contributed by atoms with E-state index in [1.54, 1.807) is 7.05 Å². The fraction of sp³-hybridized carbons (Fsp3) is 0.789.